The molecule has 0 spiro atoms. The lowest BCUT2D eigenvalue weighted by atomic mass is 9.82. The van der Waals surface area contributed by atoms with Crippen LogP contribution in [-0.4, -0.2) is 11.9 Å². The first-order chi connectivity index (χ1) is 9.97. The summed E-state index contributed by atoms with van der Waals surface area (Å²) in [7, 11) is 0. The van der Waals surface area contributed by atoms with Crippen LogP contribution in [-0.2, 0) is 9.59 Å². The number of hydrogen-bond donors (Lipinski definition) is 1. The molecule has 4 heteroatoms. The Balaban J connectivity index is 1.82. The molecule has 21 heavy (non-hydrogen) atoms. The van der Waals surface area contributed by atoms with Crippen molar-refractivity contribution in [1.82, 2.24) is 0 Å². The van der Waals surface area contributed by atoms with E-state index in [1.807, 2.05) is 44.2 Å². The monoisotopic (exact) mass is 284 g/mol. The number of hydrogen-bond acceptors (Lipinski definition) is 3. The zero-order valence-electron chi connectivity index (χ0n) is 12.1. The average Bonchev–Trinajstić information content (AvgIpc) is 3.02. The lowest BCUT2D eigenvalue weighted by molar-refractivity contribution is -0.313. The zero-order chi connectivity index (χ0) is 15.1. The van der Waals surface area contributed by atoms with Crippen molar-refractivity contribution in [1.29, 1.82) is 0 Å². The van der Waals surface area contributed by atoms with Crippen LogP contribution in [0, 0.1) is 37.5 Å². The number of nitrogens with one attached hydrogen (secondary N) is 1. The van der Waals surface area contributed by atoms with Gasteiger partial charge in [0.25, 0.3) is 0 Å². The van der Waals surface area contributed by atoms with Crippen LogP contribution in [0.5, 0.6) is 0 Å². The number of benzene rings is 1. The summed E-state index contributed by atoms with van der Waals surface area (Å²) in [4.78, 5) is 23.9. The molecule has 1 aromatic carbocycles. The number of rotatable bonds is 3. The van der Waals surface area contributed by atoms with E-state index in [9.17, 15) is 14.7 Å². The normalized spacial score (nSPS) is 29.6. The van der Waals surface area contributed by atoms with Gasteiger partial charge in [0, 0.05) is 17.6 Å². The summed E-state index contributed by atoms with van der Waals surface area (Å²) in [5.74, 6) is -2.60. The van der Waals surface area contributed by atoms with Gasteiger partial charge >= 0.3 is 0 Å². The highest BCUT2D eigenvalue weighted by atomic mass is 16.4. The summed E-state index contributed by atoms with van der Waals surface area (Å²) < 4.78 is 0. The van der Waals surface area contributed by atoms with Crippen molar-refractivity contribution in [2.75, 3.05) is 5.32 Å². The molecule has 0 saturated heterocycles. The van der Waals surface area contributed by atoms with Gasteiger partial charge in [0.2, 0.25) is 5.91 Å². The Labute approximate surface area is 123 Å². The quantitative estimate of drug-likeness (QED) is 0.854. The predicted molar refractivity (Wildman–Crippen MR) is 77.3 cm³/mol. The minimum Gasteiger partial charge on any atom is -0.550 e. The average molecular weight is 284 g/mol. The molecule has 1 aromatic rings. The molecule has 0 aliphatic heterocycles. The van der Waals surface area contributed by atoms with Crippen LogP contribution >= 0.6 is 0 Å². The summed E-state index contributed by atoms with van der Waals surface area (Å²) in [5.41, 5.74) is 2.85. The van der Waals surface area contributed by atoms with E-state index in [1.165, 1.54) is 0 Å². The first-order valence-corrected chi connectivity index (χ1v) is 7.24. The minimum absolute atomic E-state index is 0.0173. The van der Waals surface area contributed by atoms with Crippen LogP contribution in [0.3, 0.4) is 0 Å². The molecule has 0 aromatic heterocycles. The van der Waals surface area contributed by atoms with Gasteiger partial charge < -0.3 is 15.2 Å². The van der Waals surface area contributed by atoms with Crippen molar-refractivity contribution >= 4 is 17.6 Å². The maximum Gasteiger partial charge on any atom is 0.228 e. The standard InChI is InChI=1S/C17H19NO3/c1-9-3-6-13(10(2)7-9)18-16(19)14-11-4-5-12(8-11)15(14)17(20)21/h3-7,11-12,14-15H,8H2,1-2H3,(H,18,19)(H,20,21)/p-1/t11-,12-,14-,15-/m0/s1. The molecule has 110 valence electrons. The van der Waals surface area contributed by atoms with Gasteiger partial charge in [-0.3, -0.25) is 4.79 Å². The molecular weight excluding hydrogens is 266 g/mol. The molecule has 0 heterocycles. The van der Waals surface area contributed by atoms with Gasteiger partial charge in [-0.25, -0.2) is 0 Å². The van der Waals surface area contributed by atoms with Crippen LogP contribution in [0.4, 0.5) is 5.69 Å². The predicted octanol–water partition coefficient (Wildman–Crippen LogP) is 1.43. The fourth-order valence-electron chi connectivity index (χ4n) is 3.67. The summed E-state index contributed by atoms with van der Waals surface area (Å²) in [5, 5.41) is 14.2. The first-order valence-electron chi connectivity index (χ1n) is 7.24. The van der Waals surface area contributed by atoms with Gasteiger partial charge in [-0.1, -0.05) is 29.8 Å². The Morgan fingerprint density at radius 2 is 1.81 bits per heavy atom. The number of aliphatic carboxylic acids is 1. The number of aryl methyl sites for hydroxylation is 2. The zero-order valence-corrected chi connectivity index (χ0v) is 12.1. The van der Waals surface area contributed by atoms with E-state index in [2.05, 4.69) is 5.32 Å². The van der Waals surface area contributed by atoms with Crippen molar-refractivity contribution < 1.29 is 14.7 Å². The Morgan fingerprint density at radius 1 is 1.14 bits per heavy atom. The highest BCUT2D eigenvalue weighted by Gasteiger charge is 2.48. The molecule has 2 aliphatic carbocycles. The van der Waals surface area contributed by atoms with E-state index in [0.717, 1.165) is 23.2 Å². The number of carboxylic acids is 1. The third-order valence-electron chi connectivity index (χ3n) is 4.67. The highest BCUT2D eigenvalue weighted by molar-refractivity contribution is 5.96. The molecule has 0 unspecified atom stereocenters. The van der Waals surface area contributed by atoms with Crippen LogP contribution < -0.4 is 10.4 Å². The van der Waals surface area contributed by atoms with Gasteiger partial charge in [0.05, 0.1) is 5.92 Å². The highest BCUT2D eigenvalue weighted by Crippen LogP contribution is 2.48. The molecule has 1 N–H and O–H groups in total. The fourth-order valence-corrected chi connectivity index (χ4v) is 3.67. The summed E-state index contributed by atoms with van der Waals surface area (Å²) in [6.07, 6.45) is 4.62. The minimum atomic E-state index is -1.12. The third-order valence-corrected chi connectivity index (χ3v) is 4.67. The van der Waals surface area contributed by atoms with Gasteiger partial charge in [0.1, 0.15) is 0 Å². The van der Waals surface area contributed by atoms with Crippen molar-refractivity contribution in [2.24, 2.45) is 23.7 Å². The summed E-state index contributed by atoms with van der Waals surface area (Å²) >= 11 is 0. The number of anilines is 1. The van der Waals surface area contributed by atoms with Gasteiger partial charge in [-0.05, 0) is 43.7 Å². The smallest absolute Gasteiger partial charge is 0.228 e. The van der Waals surface area contributed by atoms with Crippen molar-refractivity contribution in [2.45, 2.75) is 20.3 Å². The molecule has 4 nitrogen and oxygen atoms in total. The number of carbonyl (C=O) groups is 2. The topological polar surface area (TPSA) is 69.2 Å². The number of carboxylic acid groups (broad SMARTS) is 1. The Kier molecular flexibility index (Phi) is 3.32. The number of allylic oxidation sites excluding steroid dienone is 2. The Bertz CT molecular complexity index is 635. The van der Waals surface area contributed by atoms with Crippen LogP contribution in [0.15, 0.2) is 30.4 Å². The maximum absolute atomic E-state index is 12.5. The van der Waals surface area contributed by atoms with Crippen LogP contribution in [0.1, 0.15) is 17.5 Å². The number of carbonyl (C=O) groups excluding carboxylic acids is 2. The maximum atomic E-state index is 12.5. The van der Waals surface area contributed by atoms with Gasteiger partial charge in [-0.2, -0.15) is 0 Å². The molecule has 2 aliphatic rings. The molecular formula is C17H18NO3-. The van der Waals surface area contributed by atoms with E-state index in [-0.39, 0.29) is 17.7 Å². The van der Waals surface area contributed by atoms with Crippen molar-refractivity contribution in [3.8, 4) is 0 Å². The molecule has 0 radical (unpaired) electrons. The molecule has 4 atom stereocenters. The van der Waals surface area contributed by atoms with E-state index >= 15 is 0 Å². The van der Waals surface area contributed by atoms with Gasteiger partial charge in [-0.15, -0.1) is 0 Å². The molecule has 1 fully saturated rings. The Hall–Kier alpha value is -2.10. The number of fused-ring (bicyclic) bond motifs is 2. The second-order valence-electron chi connectivity index (χ2n) is 6.13. The van der Waals surface area contributed by atoms with E-state index in [4.69, 9.17) is 0 Å². The first kappa shape index (κ1) is 13.9. The van der Waals surface area contributed by atoms with Gasteiger partial charge in [0.15, 0.2) is 0 Å². The van der Waals surface area contributed by atoms with Crippen molar-refractivity contribution in [3.05, 3.63) is 41.5 Å². The van der Waals surface area contributed by atoms with E-state index in [1.54, 1.807) is 0 Å². The lowest BCUT2D eigenvalue weighted by Crippen LogP contribution is -2.42. The fraction of sp³-hybridized carbons (Fsp3) is 0.412. The van der Waals surface area contributed by atoms with E-state index < -0.39 is 17.8 Å². The number of amides is 1. The van der Waals surface area contributed by atoms with Crippen LogP contribution in [0.2, 0.25) is 0 Å². The van der Waals surface area contributed by atoms with E-state index in [0.29, 0.717) is 0 Å². The molecule has 1 saturated carbocycles. The lowest BCUT2D eigenvalue weighted by Gasteiger charge is -2.28. The molecule has 3 rings (SSSR count). The third kappa shape index (κ3) is 2.35. The second kappa shape index (κ2) is 5.02. The largest absolute Gasteiger partial charge is 0.550 e. The Morgan fingerprint density at radius 3 is 2.43 bits per heavy atom. The summed E-state index contributed by atoms with van der Waals surface area (Å²) in [6, 6.07) is 5.78. The molecule has 2 bridgehead atoms. The SMILES string of the molecule is Cc1ccc(NC(=O)[C@@H]2[C@@H](C(=O)[O-])[C@H]3C=C[C@H]2C3)c(C)c1. The summed E-state index contributed by atoms with van der Waals surface area (Å²) in [6.45, 7) is 3.92. The molecule has 1 amide bonds. The van der Waals surface area contributed by atoms with Crippen molar-refractivity contribution in [3.63, 3.8) is 0 Å². The second-order valence-corrected chi connectivity index (χ2v) is 6.13. The van der Waals surface area contributed by atoms with Crippen LogP contribution in [0.25, 0.3) is 0 Å².